The highest BCUT2D eigenvalue weighted by Crippen LogP contribution is 2.41. The lowest BCUT2D eigenvalue weighted by Crippen LogP contribution is -2.22. The first-order valence-electron chi connectivity index (χ1n) is 10.00. The summed E-state index contributed by atoms with van der Waals surface area (Å²) in [4.78, 5) is 18.0. The molecule has 148 valence electrons. The average molecular weight is 386 g/mol. The van der Waals surface area contributed by atoms with Crippen molar-refractivity contribution < 1.29 is 9.32 Å². The van der Waals surface area contributed by atoms with Gasteiger partial charge in [-0.2, -0.15) is 0 Å². The van der Waals surface area contributed by atoms with Crippen molar-refractivity contribution in [3.05, 3.63) is 76.7 Å². The van der Waals surface area contributed by atoms with Crippen LogP contribution in [0.4, 0.5) is 0 Å². The van der Waals surface area contributed by atoms with Crippen LogP contribution in [-0.2, 0) is 4.79 Å². The first kappa shape index (κ1) is 19.3. The minimum absolute atomic E-state index is 0.153. The first-order chi connectivity index (χ1) is 13.8. The van der Waals surface area contributed by atoms with Crippen molar-refractivity contribution in [2.24, 2.45) is 10.4 Å². The van der Waals surface area contributed by atoms with E-state index in [1.807, 2.05) is 39.8 Å². The van der Waals surface area contributed by atoms with Gasteiger partial charge in [0.1, 0.15) is 11.8 Å². The lowest BCUT2D eigenvalue weighted by atomic mass is 9.86. The van der Waals surface area contributed by atoms with Gasteiger partial charge in [-0.1, -0.05) is 80.0 Å². The van der Waals surface area contributed by atoms with Gasteiger partial charge in [-0.15, -0.1) is 0 Å². The Bertz CT molecular complexity index is 1100. The lowest BCUT2D eigenvalue weighted by molar-refractivity contribution is -0.126. The van der Waals surface area contributed by atoms with Crippen molar-refractivity contribution in [1.82, 2.24) is 5.16 Å². The highest BCUT2D eigenvalue weighted by atomic mass is 16.5. The third kappa shape index (κ3) is 3.55. The van der Waals surface area contributed by atoms with E-state index in [0.717, 1.165) is 33.7 Å². The molecule has 1 aliphatic heterocycles. The van der Waals surface area contributed by atoms with Gasteiger partial charge >= 0.3 is 0 Å². The van der Waals surface area contributed by atoms with E-state index in [2.05, 4.69) is 48.5 Å². The Balaban J connectivity index is 1.94. The van der Waals surface area contributed by atoms with E-state index < -0.39 is 11.5 Å². The number of ketones is 1. The second kappa shape index (κ2) is 7.11. The van der Waals surface area contributed by atoms with Crippen LogP contribution in [0.15, 0.2) is 58.0 Å². The van der Waals surface area contributed by atoms with E-state index in [1.54, 1.807) is 0 Å². The summed E-state index contributed by atoms with van der Waals surface area (Å²) >= 11 is 0. The highest BCUT2D eigenvalue weighted by molar-refractivity contribution is 6.17. The Kier molecular flexibility index (Phi) is 4.73. The van der Waals surface area contributed by atoms with E-state index in [4.69, 9.17) is 9.52 Å². The summed E-state index contributed by atoms with van der Waals surface area (Å²) in [6.07, 6.45) is 0.286. The van der Waals surface area contributed by atoms with Gasteiger partial charge in [0.25, 0.3) is 0 Å². The Morgan fingerprint density at radius 2 is 1.66 bits per heavy atom. The van der Waals surface area contributed by atoms with Crippen molar-refractivity contribution >= 4 is 11.5 Å². The Morgan fingerprint density at radius 3 is 2.31 bits per heavy atom. The second-order valence-electron chi connectivity index (χ2n) is 8.79. The van der Waals surface area contributed by atoms with Crippen molar-refractivity contribution in [3.8, 4) is 11.1 Å². The summed E-state index contributed by atoms with van der Waals surface area (Å²) in [5.41, 5.74) is 6.54. The molecule has 29 heavy (non-hydrogen) atoms. The SMILES string of the molecule is Cc1ccc(C2=N[C@@H](CC(=O)C(C)(C)C)c3onc(C)c3-c3ccccc32)cc1. The monoisotopic (exact) mass is 386 g/mol. The maximum Gasteiger partial charge on any atom is 0.169 e. The summed E-state index contributed by atoms with van der Waals surface area (Å²) in [7, 11) is 0. The van der Waals surface area contributed by atoms with Gasteiger partial charge in [-0.25, -0.2) is 0 Å². The molecule has 0 unspecified atom stereocenters. The smallest absolute Gasteiger partial charge is 0.169 e. The van der Waals surface area contributed by atoms with Crippen molar-refractivity contribution in [3.63, 3.8) is 0 Å². The van der Waals surface area contributed by atoms with Crippen LogP contribution in [0.1, 0.15) is 61.4 Å². The molecule has 4 heteroatoms. The number of carbonyl (C=O) groups is 1. The van der Waals surface area contributed by atoms with Crippen molar-refractivity contribution in [1.29, 1.82) is 0 Å². The average Bonchev–Trinajstić information content (AvgIpc) is 3.00. The van der Waals surface area contributed by atoms with Gasteiger partial charge in [0.05, 0.1) is 17.0 Å². The van der Waals surface area contributed by atoms with Crippen molar-refractivity contribution in [2.75, 3.05) is 0 Å². The van der Waals surface area contributed by atoms with E-state index in [1.165, 1.54) is 5.56 Å². The topological polar surface area (TPSA) is 55.5 Å². The van der Waals surface area contributed by atoms with Gasteiger partial charge in [0, 0.05) is 23.0 Å². The number of aromatic nitrogens is 1. The third-order valence-corrected chi connectivity index (χ3v) is 5.47. The normalized spacial score (nSPS) is 15.9. The van der Waals surface area contributed by atoms with Crippen LogP contribution in [0, 0.1) is 19.3 Å². The molecule has 2 aromatic carbocycles. The molecule has 0 saturated heterocycles. The fourth-order valence-corrected chi connectivity index (χ4v) is 3.70. The number of benzene rings is 2. The third-order valence-electron chi connectivity index (χ3n) is 5.47. The van der Waals surface area contributed by atoms with Crippen LogP contribution in [0.5, 0.6) is 0 Å². The fourth-order valence-electron chi connectivity index (χ4n) is 3.70. The van der Waals surface area contributed by atoms with Gasteiger partial charge in [-0.3, -0.25) is 9.79 Å². The molecule has 4 nitrogen and oxygen atoms in total. The molecule has 2 heterocycles. The van der Waals surface area contributed by atoms with E-state index >= 15 is 0 Å². The Hall–Kier alpha value is -3.01. The highest BCUT2D eigenvalue weighted by Gasteiger charge is 2.33. The number of fused-ring (bicyclic) bond motifs is 3. The van der Waals surface area contributed by atoms with Crippen LogP contribution in [0.3, 0.4) is 0 Å². The first-order valence-corrected chi connectivity index (χ1v) is 10.00. The zero-order valence-corrected chi connectivity index (χ0v) is 17.6. The van der Waals surface area contributed by atoms with E-state index in [9.17, 15) is 4.79 Å². The number of carbonyl (C=O) groups excluding carboxylic acids is 1. The van der Waals surface area contributed by atoms with Crippen LogP contribution in [-0.4, -0.2) is 16.7 Å². The molecule has 0 bridgehead atoms. The van der Waals surface area contributed by atoms with Gasteiger partial charge in [0.2, 0.25) is 0 Å². The maximum atomic E-state index is 12.9. The number of nitrogens with zero attached hydrogens (tertiary/aromatic N) is 2. The van der Waals surface area contributed by atoms with Crippen LogP contribution >= 0.6 is 0 Å². The molecule has 0 spiro atoms. The molecule has 0 aliphatic carbocycles. The number of rotatable bonds is 3. The molecular weight excluding hydrogens is 360 g/mol. The predicted molar refractivity (Wildman–Crippen MR) is 115 cm³/mol. The van der Waals surface area contributed by atoms with Gasteiger partial charge in [-0.05, 0) is 19.4 Å². The van der Waals surface area contributed by atoms with Crippen LogP contribution in [0.25, 0.3) is 11.1 Å². The number of hydrogen-bond acceptors (Lipinski definition) is 4. The molecule has 0 radical (unpaired) electrons. The molecule has 1 aromatic heterocycles. The van der Waals surface area contributed by atoms with E-state index in [-0.39, 0.29) is 12.2 Å². The quantitative estimate of drug-likeness (QED) is 0.567. The summed E-state index contributed by atoms with van der Waals surface area (Å²) in [5, 5.41) is 4.21. The number of aliphatic imine (C=N–C) groups is 1. The molecule has 4 rings (SSSR count). The van der Waals surface area contributed by atoms with Crippen LogP contribution in [0.2, 0.25) is 0 Å². The molecule has 1 atom stereocenters. The lowest BCUT2D eigenvalue weighted by Gasteiger charge is -2.19. The fraction of sp³-hybridized carbons (Fsp3) is 0.320. The van der Waals surface area contributed by atoms with Gasteiger partial charge in [0.15, 0.2) is 5.76 Å². The second-order valence-corrected chi connectivity index (χ2v) is 8.79. The van der Waals surface area contributed by atoms with Crippen molar-refractivity contribution in [2.45, 2.75) is 47.1 Å². The molecule has 0 N–H and O–H groups in total. The summed E-state index contributed by atoms with van der Waals surface area (Å²) in [5.74, 6) is 0.829. The van der Waals surface area contributed by atoms with E-state index in [0.29, 0.717) is 5.76 Å². The predicted octanol–water partition coefficient (Wildman–Crippen LogP) is 5.86. The molecule has 0 fully saturated rings. The number of aryl methyl sites for hydroxylation is 2. The Morgan fingerprint density at radius 1 is 1.00 bits per heavy atom. The Labute approximate surface area is 171 Å². The minimum atomic E-state index is -0.437. The summed E-state index contributed by atoms with van der Waals surface area (Å²) < 4.78 is 5.74. The minimum Gasteiger partial charge on any atom is -0.358 e. The largest absolute Gasteiger partial charge is 0.358 e. The number of Topliss-reactive ketones (excluding diaryl/α,β-unsaturated/α-hetero) is 1. The molecule has 0 amide bonds. The zero-order valence-electron chi connectivity index (χ0n) is 17.6. The standard InChI is InChI=1S/C25H26N2O2/c1-15-10-12-17(13-11-15)23-19-9-7-6-8-18(19)22-16(2)27-29-24(22)20(26-23)14-21(28)25(3,4)5/h6-13,20H,14H2,1-5H3/t20-/m0/s1. The zero-order chi connectivity index (χ0) is 20.8. The summed E-state index contributed by atoms with van der Waals surface area (Å²) in [6.45, 7) is 9.84. The molecule has 3 aromatic rings. The summed E-state index contributed by atoms with van der Waals surface area (Å²) in [6, 6.07) is 16.2. The van der Waals surface area contributed by atoms with Crippen LogP contribution < -0.4 is 0 Å². The molecule has 1 aliphatic rings. The molecular formula is C25H26N2O2. The van der Waals surface area contributed by atoms with Gasteiger partial charge < -0.3 is 4.52 Å². The molecule has 0 saturated carbocycles. The maximum absolute atomic E-state index is 12.9. The number of hydrogen-bond donors (Lipinski definition) is 0.